The summed E-state index contributed by atoms with van der Waals surface area (Å²) >= 11 is 0. The van der Waals surface area contributed by atoms with Gasteiger partial charge in [0.2, 0.25) is 16.0 Å². The van der Waals surface area contributed by atoms with Crippen LogP contribution in [0.15, 0.2) is 35.5 Å². The molecule has 0 bridgehead atoms. The lowest BCUT2D eigenvalue weighted by Crippen LogP contribution is -2.58. The number of nitrogens with zero attached hydrogens (tertiary/aromatic N) is 3. The number of hydrogen-bond donors (Lipinski definition) is 2. The molecule has 1 amide bonds. The highest BCUT2D eigenvalue weighted by Gasteiger charge is 2.55. The lowest BCUT2D eigenvalue weighted by atomic mass is 9.83. The van der Waals surface area contributed by atoms with E-state index in [9.17, 15) is 22.0 Å². The van der Waals surface area contributed by atoms with E-state index in [1.807, 2.05) is 0 Å². The summed E-state index contributed by atoms with van der Waals surface area (Å²) in [6.45, 7) is 3.53. The van der Waals surface area contributed by atoms with Crippen molar-refractivity contribution in [3.8, 4) is 5.75 Å². The summed E-state index contributed by atoms with van der Waals surface area (Å²) in [4.78, 5) is 20.5. The number of halogens is 2. The second-order valence-corrected chi connectivity index (χ2v) is 10.1. The number of sulfonamides is 1. The standard InChI is InChI=1S/C20H21F2N5O4S/c1-10-9-31-15-5-4-12(25-18(28)16-14(22)6-11(21)8-24-16)7-13(15)20(2)17(10)32(29,30)27(3)19(23)26-20/h4-8,10,17H,9H2,1-3H3,(H2,23,26)(H,25,28)/t10-,17-,20+/m0/s1. The first-order valence-corrected chi connectivity index (χ1v) is 11.2. The number of benzene rings is 1. The highest BCUT2D eigenvalue weighted by atomic mass is 32.2. The molecular weight excluding hydrogens is 444 g/mol. The van der Waals surface area contributed by atoms with Crippen LogP contribution in [0, 0.1) is 17.6 Å². The molecule has 9 nitrogen and oxygen atoms in total. The van der Waals surface area contributed by atoms with Crippen LogP contribution in [-0.2, 0) is 15.6 Å². The van der Waals surface area contributed by atoms with Crippen LogP contribution in [-0.4, -0.2) is 48.5 Å². The molecule has 2 aromatic rings. The minimum absolute atomic E-state index is 0.131. The normalized spacial score (nSPS) is 26.2. The molecule has 12 heteroatoms. The van der Waals surface area contributed by atoms with E-state index in [2.05, 4.69) is 15.3 Å². The molecule has 0 saturated carbocycles. The molecule has 0 aliphatic carbocycles. The zero-order valence-electron chi connectivity index (χ0n) is 17.5. The number of rotatable bonds is 2. The minimum atomic E-state index is -3.86. The number of fused-ring (bicyclic) bond motifs is 3. The van der Waals surface area contributed by atoms with Gasteiger partial charge >= 0.3 is 0 Å². The second-order valence-electron chi connectivity index (χ2n) is 7.99. The molecule has 0 fully saturated rings. The predicted octanol–water partition coefficient (Wildman–Crippen LogP) is 1.81. The number of nitrogens with two attached hydrogens (primary N) is 1. The van der Waals surface area contributed by atoms with Crippen LogP contribution in [0.2, 0.25) is 0 Å². The van der Waals surface area contributed by atoms with E-state index < -0.39 is 50.0 Å². The van der Waals surface area contributed by atoms with Gasteiger partial charge in [0.15, 0.2) is 11.5 Å². The van der Waals surface area contributed by atoms with Crippen molar-refractivity contribution in [1.29, 1.82) is 0 Å². The lowest BCUT2D eigenvalue weighted by Gasteiger charge is -2.42. The molecule has 3 atom stereocenters. The summed E-state index contributed by atoms with van der Waals surface area (Å²) in [6.07, 6.45) is 0.733. The fourth-order valence-electron chi connectivity index (χ4n) is 4.23. The van der Waals surface area contributed by atoms with E-state index in [4.69, 9.17) is 10.5 Å². The Morgan fingerprint density at radius 2 is 2.06 bits per heavy atom. The van der Waals surface area contributed by atoms with Crippen molar-refractivity contribution >= 4 is 27.6 Å². The fourth-order valence-corrected chi connectivity index (χ4v) is 6.30. The maximum absolute atomic E-state index is 13.9. The van der Waals surface area contributed by atoms with Gasteiger partial charge in [0.25, 0.3) is 5.91 Å². The minimum Gasteiger partial charge on any atom is -0.493 e. The number of ether oxygens (including phenoxy) is 1. The van der Waals surface area contributed by atoms with Crippen LogP contribution in [0.3, 0.4) is 0 Å². The first-order valence-electron chi connectivity index (χ1n) is 9.68. The van der Waals surface area contributed by atoms with Crippen LogP contribution in [0.1, 0.15) is 29.9 Å². The van der Waals surface area contributed by atoms with Gasteiger partial charge in [-0.15, -0.1) is 0 Å². The monoisotopic (exact) mass is 465 g/mol. The van der Waals surface area contributed by atoms with E-state index in [1.54, 1.807) is 19.9 Å². The molecule has 0 saturated heterocycles. The van der Waals surface area contributed by atoms with Crippen LogP contribution in [0.4, 0.5) is 14.5 Å². The number of pyridine rings is 1. The van der Waals surface area contributed by atoms with Crippen LogP contribution in [0.25, 0.3) is 0 Å². The smallest absolute Gasteiger partial charge is 0.277 e. The average Bonchev–Trinajstić information content (AvgIpc) is 2.81. The average molecular weight is 465 g/mol. The number of carbonyl (C=O) groups is 1. The van der Waals surface area contributed by atoms with Crippen molar-refractivity contribution in [3.05, 3.63) is 53.4 Å². The Hall–Kier alpha value is -3.28. The van der Waals surface area contributed by atoms with Gasteiger partial charge < -0.3 is 15.8 Å². The van der Waals surface area contributed by atoms with Gasteiger partial charge in [0, 0.05) is 30.3 Å². The molecule has 0 radical (unpaired) electrons. The molecular formula is C20H21F2N5O4S. The number of hydrogen-bond acceptors (Lipinski definition) is 7. The molecule has 4 rings (SSSR count). The quantitative estimate of drug-likeness (QED) is 0.697. The van der Waals surface area contributed by atoms with Crippen LogP contribution in [0.5, 0.6) is 5.75 Å². The third-order valence-electron chi connectivity index (χ3n) is 5.75. The van der Waals surface area contributed by atoms with Gasteiger partial charge in [-0.3, -0.25) is 4.79 Å². The Balaban J connectivity index is 1.79. The van der Waals surface area contributed by atoms with E-state index in [0.717, 1.165) is 10.5 Å². The molecule has 32 heavy (non-hydrogen) atoms. The third kappa shape index (κ3) is 3.34. The highest BCUT2D eigenvalue weighted by Crippen LogP contribution is 2.47. The molecule has 2 aliphatic heterocycles. The first kappa shape index (κ1) is 21.9. The van der Waals surface area contributed by atoms with Crippen molar-refractivity contribution in [1.82, 2.24) is 9.29 Å². The molecule has 0 unspecified atom stereocenters. The Morgan fingerprint density at radius 3 is 2.75 bits per heavy atom. The van der Waals surface area contributed by atoms with E-state index in [1.165, 1.54) is 19.2 Å². The largest absolute Gasteiger partial charge is 0.493 e. The summed E-state index contributed by atoms with van der Waals surface area (Å²) in [6, 6.07) is 5.15. The number of aromatic nitrogens is 1. The Kier molecular flexibility index (Phi) is 5.07. The summed E-state index contributed by atoms with van der Waals surface area (Å²) in [5, 5.41) is 1.52. The zero-order chi connectivity index (χ0) is 23.4. The molecule has 0 spiro atoms. The van der Waals surface area contributed by atoms with Crippen molar-refractivity contribution < 1.29 is 26.7 Å². The second kappa shape index (κ2) is 7.40. The summed E-state index contributed by atoms with van der Waals surface area (Å²) in [7, 11) is -2.52. The fraction of sp³-hybridized carbons (Fsp3) is 0.350. The summed E-state index contributed by atoms with van der Waals surface area (Å²) in [5.74, 6) is -3.12. The van der Waals surface area contributed by atoms with Crippen molar-refractivity contribution in [2.24, 2.45) is 16.6 Å². The lowest BCUT2D eigenvalue weighted by molar-refractivity contribution is 0.101. The SMILES string of the molecule is C[C@H]1COc2ccc(NC(=O)c3ncc(F)cc3F)cc2[C@@]2(C)N=C(N)N(C)S(=O)(=O)[C@@H]12. The Labute approximate surface area is 183 Å². The van der Waals surface area contributed by atoms with Gasteiger partial charge in [-0.1, -0.05) is 6.92 Å². The Morgan fingerprint density at radius 1 is 1.34 bits per heavy atom. The molecule has 3 heterocycles. The zero-order valence-corrected chi connectivity index (χ0v) is 18.3. The molecule has 1 aromatic heterocycles. The number of nitrogens with one attached hydrogen (secondary N) is 1. The molecule has 2 aliphatic rings. The summed E-state index contributed by atoms with van der Waals surface area (Å²) in [5.41, 5.74) is 4.66. The van der Waals surface area contributed by atoms with E-state index in [0.29, 0.717) is 17.4 Å². The molecule has 170 valence electrons. The van der Waals surface area contributed by atoms with Crippen molar-refractivity contribution in [2.75, 3.05) is 19.0 Å². The van der Waals surface area contributed by atoms with Crippen LogP contribution < -0.4 is 15.8 Å². The van der Waals surface area contributed by atoms with Gasteiger partial charge in [-0.05, 0) is 25.1 Å². The number of anilines is 1. The number of amides is 1. The van der Waals surface area contributed by atoms with Crippen molar-refractivity contribution in [3.63, 3.8) is 0 Å². The van der Waals surface area contributed by atoms with E-state index >= 15 is 0 Å². The van der Waals surface area contributed by atoms with Crippen LogP contribution >= 0.6 is 0 Å². The van der Waals surface area contributed by atoms with Gasteiger partial charge in [0.05, 0.1) is 12.8 Å². The molecule has 3 N–H and O–H groups in total. The maximum Gasteiger partial charge on any atom is 0.277 e. The van der Waals surface area contributed by atoms with Gasteiger partial charge in [-0.2, -0.15) is 0 Å². The number of aliphatic imine (C=N–C) groups is 1. The van der Waals surface area contributed by atoms with E-state index in [-0.39, 0.29) is 18.3 Å². The number of guanidine groups is 1. The van der Waals surface area contributed by atoms with Gasteiger partial charge in [-0.25, -0.2) is 31.5 Å². The summed E-state index contributed by atoms with van der Waals surface area (Å²) < 4.78 is 60.2. The predicted molar refractivity (Wildman–Crippen MR) is 113 cm³/mol. The number of carbonyl (C=O) groups excluding carboxylic acids is 1. The van der Waals surface area contributed by atoms with Crippen molar-refractivity contribution in [2.45, 2.75) is 24.6 Å². The topological polar surface area (TPSA) is 127 Å². The highest BCUT2D eigenvalue weighted by molar-refractivity contribution is 7.90. The van der Waals surface area contributed by atoms with Gasteiger partial charge in [0.1, 0.15) is 22.4 Å². The molecule has 1 aromatic carbocycles. The first-order chi connectivity index (χ1) is 14.9. The maximum atomic E-state index is 13.9. The Bertz CT molecular complexity index is 1250. The third-order valence-corrected chi connectivity index (χ3v) is 8.27.